The summed E-state index contributed by atoms with van der Waals surface area (Å²) < 4.78 is 45.8. The van der Waals surface area contributed by atoms with Crippen LogP contribution in [0.3, 0.4) is 0 Å². The van der Waals surface area contributed by atoms with Crippen LogP contribution in [-0.2, 0) is 9.59 Å². The first-order valence-corrected chi connectivity index (χ1v) is 10.2. The molecule has 1 atom stereocenters. The number of hydrogen-bond acceptors (Lipinski definition) is 3. The van der Waals surface area contributed by atoms with E-state index in [2.05, 4.69) is 5.32 Å². The molecule has 2 saturated heterocycles. The molecule has 2 aliphatic heterocycles. The molecule has 1 spiro atoms. The van der Waals surface area contributed by atoms with Crippen molar-refractivity contribution in [2.45, 2.75) is 57.1 Å². The first-order chi connectivity index (χ1) is 13.8. The molecule has 1 aliphatic carbocycles. The van der Waals surface area contributed by atoms with Crippen molar-refractivity contribution in [3.8, 4) is 5.75 Å². The van der Waals surface area contributed by atoms with Crippen LogP contribution in [0.5, 0.6) is 5.75 Å². The number of nitrogens with zero attached hydrogens (tertiary/aromatic N) is 1. The molecule has 0 bridgehead atoms. The smallest absolute Gasteiger partial charge is 0.225 e. The molecule has 1 aromatic rings. The highest BCUT2D eigenvalue weighted by Crippen LogP contribution is 2.45. The average Bonchev–Trinajstić information content (AvgIpc) is 3.09. The Morgan fingerprint density at radius 1 is 1.21 bits per heavy atom. The van der Waals surface area contributed by atoms with Gasteiger partial charge in [0.05, 0.1) is 6.10 Å². The second kappa shape index (κ2) is 7.54. The Kier molecular flexibility index (Phi) is 5.21. The number of nitrogens with one attached hydrogen (secondary N) is 1. The van der Waals surface area contributed by atoms with Crippen molar-refractivity contribution in [3.05, 3.63) is 29.6 Å². The molecular formula is C21H25F3N2O3. The summed E-state index contributed by atoms with van der Waals surface area (Å²) in [5, 5.41) is 3.00. The van der Waals surface area contributed by atoms with Crippen LogP contribution in [0.2, 0.25) is 0 Å². The monoisotopic (exact) mass is 410 g/mol. The molecule has 0 radical (unpaired) electrons. The summed E-state index contributed by atoms with van der Waals surface area (Å²) in [6.45, 7) is 2.96. The Hall–Kier alpha value is -2.25. The van der Waals surface area contributed by atoms with Gasteiger partial charge in [-0.1, -0.05) is 0 Å². The number of ether oxygens (including phenoxy) is 1. The fraction of sp³-hybridized carbons (Fsp3) is 0.619. The lowest BCUT2D eigenvalue weighted by Gasteiger charge is -2.46. The lowest BCUT2D eigenvalue weighted by atomic mass is 9.67. The van der Waals surface area contributed by atoms with Crippen LogP contribution < -0.4 is 10.1 Å². The van der Waals surface area contributed by atoms with E-state index in [1.165, 1.54) is 0 Å². The van der Waals surface area contributed by atoms with Gasteiger partial charge in [-0.2, -0.15) is 4.39 Å². The second-order valence-electron chi connectivity index (χ2n) is 8.59. The van der Waals surface area contributed by atoms with E-state index in [4.69, 9.17) is 4.74 Å². The summed E-state index contributed by atoms with van der Waals surface area (Å²) in [4.78, 5) is 26.0. The van der Waals surface area contributed by atoms with Crippen LogP contribution in [0.4, 0.5) is 13.2 Å². The number of benzene rings is 1. The van der Waals surface area contributed by atoms with Gasteiger partial charge in [0.2, 0.25) is 17.6 Å². The molecule has 1 saturated carbocycles. The zero-order chi connectivity index (χ0) is 20.8. The minimum Gasteiger partial charge on any atom is -0.487 e. The molecule has 2 heterocycles. The molecule has 3 aliphatic rings. The number of halogens is 3. The molecule has 1 unspecified atom stereocenters. The van der Waals surface area contributed by atoms with E-state index < -0.39 is 17.5 Å². The van der Waals surface area contributed by atoms with Gasteiger partial charge in [-0.3, -0.25) is 9.59 Å². The molecule has 8 heteroatoms. The highest BCUT2D eigenvalue weighted by atomic mass is 19.2. The SMILES string of the molecule is CC(Oc1ccc(F)c(F)c1F)C1CCN(C(=O)[C@H]2C[C@]3(CCC(=O)N3)C2)CC1. The minimum absolute atomic E-state index is 0.0325. The zero-order valence-electron chi connectivity index (χ0n) is 16.3. The highest BCUT2D eigenvalue weighted by molar-refractivity contribution is 5.83. The number of carbonyl (C=O) groups is 2. The molecule has 1 N–H and O–H groups in total. The maximum atomic E-state index is 13.8. The van der Waals surface area contributed by atoms with E-state index >= 15 is 0 Å². The summed E-state index contributed by atoms with van der Waals surface area (Å²) in [6.07, 6.45) is 3.81. The fourth-order valence-corrected chi connectivity index (χ4v) is 4.88. The molecule has 0 aromatic heterocycles. The van der Waals surface area contributed by atoms with E-state index in [0.717, 1.165) is 18.6 Å². The lowest BCUT2D eigenvalue weighted by Crippen LogP contribution is -2.57. The molecule has 5 nitrogen and oxygen atoms in total. The standard InChI is InChI=1S/C21H25F3N2O3/c1-12(29-16-3-2-15(22)18(23)19(16)24)13-5-8-26(9-6-13)20(28)14-10-21(11-14)7-4-17(27)25-21/h2-3,12-14H,4-11H2,1H3,(H,25,27)/t12?,14-,21+. The minimum atomic E-state index is -1.54. The number of piperidine rings is 1. The Bertz CT molecular complexity index is 818. The van der Waals surface area contributed by atoms with Gasteiger partial charge in [0.15, 0.2) is 17.4 Å². The summed E-state index contributed by atoms with van der Waals surface area (Å²) in [5.41, 5.74) is -0.160. The van der Waals surface area contributed by atoms with Crippen LogP contribution in [0.25, 0.3) is 0 Å². The van der Waals surface area contributed by atoms with Gasteiger partial charge < -0.3 is 15.0 Å². The predicted octanol–water partition coefficient (Wildman–Crippen LogP) is 3.17. The third kappa shape index (κ3) is 3.81. The molecule has 158 valence electrons. The van der Waals surface area contributed by atoms with Crippen LogP contribution in [0.1, 0.15) is 45.4 Å². The first kappa shape index (κ1) is 20.0. The Labute approximate surface area is 167 Å². The number of hydrogen-bond donors (Lipinski definition) is 1. The maximum absolute atomic E-state index is 13.8. The number of amides is 2. The van der Waals surface area contributed by atoms with Gasteiger partial charge in [-0.25, -0.2) is 8.78 Å². The summed E-state index contributed by atoms with van der Waals surface area (Å²) in [5.74, 6) is -4.13. The fourth-order valence-electron chi connectivity index (χ4n) is 4.88. The van der Waals surface area contributed by atoms with E-state index in [1.54, 1.807) is 6.92 Å². The molecule has 3 fully saturated rings. The zero-order valence-corrected chi connectivity index (χ0v) is 16.3. The van der Waals surface area contributed by atoms with Crippen molar-refractivity contribution in [2.24, 2.45) is 11.8 Å². The van der Waals surface area contributed by atoms with Crippen molar-refractivity contribution in [2.75, 3.05) is 13.1 Å². The quantitative estimate of drug-likeness (QED) is 0.776. The maximum Gasteiger partial charge on any atom is 0.225 e. The second-order valence-corrected chi connectivity index (χ2v) is 8.59. The summed E-state index contributed by atoms with van der Waals surface area (Å²) in [6, 6.07) is 1.94. The number of carbonyl (C=O) groups excluding carboxylic acids is 2. The lowest BCUT2D eigenvalue weighted by molar-refractivity contribution is -0.143. The van der Waals surface area contributed by atoms with Crippen molar-refractivity contribution < 1.29 is 27.5 Å². The molecule has 2 amide bonds. The van der Waals surface area contributed by atoms with Crippen LogP contribution >= 0.6 is 0 Å². The van der Waals surface area contributed by atoms with Gasteiger partial charge >= 0.3 is 0 Å². The van der Waals surface area contributed by atoms with E-state index in [0.29, 0.717) is 45.2 Å². The Morgan fingerprint density at radius 3 is 2.52 bits per heavy atom. The largest absolute Gasteiger partial charge is 0.487 e. The van der Waals surface area contributed by atoms with E-state index in [1.807, 2.05) is 4.90 Å². The average molecular weight is 410 g/mol. The first-order valence-electron chi connectivity index (χ1n) is 10.2. The Morgan fingerprint density at radius 2 is 1.90 bits per heavy atom. The third-order valence-corrected chi connectivity index (χ3v) is 6.69. The van der Waals surface area contributed by atoms with Crippen molar-refractivity contribution >= 4 is 11.8 Å². The molecule has 29 heavy (non-hydrogen) atoms. The van der Waals surface area contributed by atoms with Gasteiger partial charge in [-0.05, 0) is 57.1 Å². The van der Waals surface area contributed by atoms with Gasteiger partial charge in [0.25, 0.3) is 0 Å². The molecule has 4 rings (SSSR count). The summed E-state index contributed by atoms with van der Waals surface area (Å²) in [7, 11) is 0. The predicted molar refractivity (Wildman–Crippen MR) is 98.5 cm³/mol. The van der Waals surface area contributed by atoms with Crippen LogP contribution in [-0.4, -0.2) is 41.4 Å². The van der Waals surface area contributed by atoms with Crippen molar-refractivity contribution in [1.82, 2.24) is 10.2 Å². The normalized spacial score (nSPS) is 28.2. The third-order valence-electron chi connectivity index (χ3n) is 6.69. The van der Waals surface area contributed by atoms with Crippen molar-refractivity contribution in [1.29, 1.82) is 0 Å². The van der Waals surface area contributed by atoms with Gasteiger partial charge in [-0.15, -0.1) is 0 Å². The van der Waals surface area contributed by atoms with Crippen LogP contribution in [0, 0.1) is 29.3 Å². The number of rotatable bonds is 4. The van der Waals surface area contributed by atoms with Crippen LogP contribution in [0.15, 0.2) is 12.1 Å². The number of likely N-dealkylation sites (tertiary alicyclic amines) is 1. The van der Waals surface area contributed by atoms with E-state index in [-0.39, 0.29) is 41.0 Å². The molecule has 1 aromatic carbocycles. The van der Waals surface area contributed by atoms with Gasteiger partial charge in [0.1, 0.15) is 0 Å². The molecular weight excluding hydrogens is 385 g/mol. The topological polar surface area (TPSA) is 58.6 Å². The van der Waals surface area contributed by atoms with E-state index in [9.17, 15) is 22.8 Å². The highest BCUT2D eigenvalue weighted by Gasteiger charge is 2.51. The van der Waals surface area contributed by atoms with Gasteiger partial charge in [0, 0.05) is 31.0 Å². The van der Waals surface area contributed by atoms with Crippen molar-refractivity contribution in [3.63, 3.8) is 0 Å². The Balaban J connectivity index is 1.27. The summed E-state index contributed by atoms with van der Waals surface area (Å²) >= 11 is 0.